The van der Waals surface area contributed by atoms with Gasteiger partial charge in [-0.05, 0) is 17.7 Å². The lowest BCUT2D eigenvalue weighted by molar-refractivity contribution is -0.128. The van der Waals surface area contributed by atoms with Crippen molar-refractivity contribution in [2.75, 3.05) is 32.7 Å². The third-order valence-electron chi connectivity index (χ3n) is 5.67. The topological polar surface area (TPSA) is 90.0 Å². The summed E-state index contributed by atoms with van der Waals surface area (Å²) in [4.78, 5) is 28.6. The third-order valence-corrected chi connectivity index (χ3v) is 7.58. The molecule has 2 fully saturated rings. The molecule has 0 aromatic heterocycles. The molecular formula is C22H26N4O4S. The van der Waals surface area contributed by atoms with Crippen LogP contribution in [0.3, 0.4) is 0 Å². The molecule has 2 aromatic rings. The Labute approximate surface area is 182 Å². The number of hydrogen-bond donors (Lipinski definition) is 1. The highest BCUT2D eigenvalue weighted by atomic mass is 32.2. The van der Waals surface area contributed by atoms with Crippen LogP contribution in [0.15, 0.2) is 65.6 Å². The fourth-order valence-electron chi connectivity index (χ4n) is 3.96. The Bertz CT molecular complexity index is 1020. The van der Waals surface area contributed by atoms with Gasteiger partial charge in [0.2, 0.25) is 15.9 Å². The first kappa shape index (κ1) is 21.3. The second-order valence-corrected chi connectivity index (χ2v) is 9.75. The number of rotatable bonds is 5. The zero-order valence-electron chi connectivity index (χ0n) is 17.2. The summed E-state index contributed by atoms with van der Waals surface area (Å²) in [5.41, 5.74) is 1.05. The molecule has 8 nitrogen and oxygen atoms in total. The van der Waals surface area contributed by atoms with Gasteiger partial charge < -0.3 is 15.1 Å². The molecule has 2 heterocycles. The van der Waals surface area contributed by atoms with Crippen LogP contribution in [0.25, 0.3) is 0 Å². The fourth-order valence-corrected chi connectivity index (χ4v) is 5.41. The number of benzene rings is 2. The highest BCUT2D eigenvalue weighted by Gasteiger charge is 2.34. The summed E-state index contributed by atoms with van der Waals surface area (Å²) >= 11 is 0. The van der Waals surface area contributed by atoms with Crippen molar-refractivity contribution in [3.63, 3.8) is 0 Å². The number of carbonyl (C=O) groups excluding carboxylic acids is 2. The van der Waals surface area contributed by atoms with E-state index in [0.29, 0.717) is 26.2 Å². The van der Waals surface area contributed by atoms with Crippen LogP contribution in [-0.2, 0) is 21.4 Å². The number of urea groups is 1. The Hall–Kier alpha value is -2.91. The van der Waals surface area contributed by atoms with Crippen molar-refractivity contribution < 1.29 is 18.0 Å². The Morgan fingerprint density at radius 2 is 1.55 bits per heavy atom. The maximum absolute atomic E-state index is 12.7. The monoisotopic (exact) mass is 442 g/mol. The van der Waals surface area contributed by atoms with Crippen molar-refractivity contribution in [2.24, 2.45) is 0 Å². The second kappa shape index (κ2) is 9.07. The molecule has 3 amide bonds. The van der Waals surface area contributed by atoms with E-state index in [2.05, 4.69) is 5.32 Å². The molecular weight excluding hydrogens is 416 g/mol. The maximum atomic E-state index is 12.7. The molecule has 0 aliphatic carbocycles. The Kier molecular flexibility index (Phi) is 6.24. The molecule has 1 unspecified atom stereocenters. The van der Waals surface area contributed by atoms with Gasteiger partial charge in [-0.25, -0.2) is 13.2 Å². The number of sulfonamides is 1. The van der Waals surface area contributed by atoms with Crippen LogP contribution >= 0.6 is 0 Å². The van der Waals surface area contributed by atoms with Crippen molar-refractivity contribution in [3.8, 4) is 0 Å². The zero-order chi connectivity index (χ0) is 21.8. The summed E-state index contributed by atoms with van der Waals surface area (Å²) in [7, 11) is -3.55. The van der Waals surface area contributed by atoms with Gasteiger partial charge >= 0.3 is 6.03 Å². The average molecular weight is 443 g/mol. The number of likely N-dealkylation sites (tertiary alicyclic amines) is 1. The minimum absolute atomic E-state index is 0.0212. The summed E-state index contributed by atoms with van der Waals surface area (Å²) in [6, 6.07) is 17.6. The van der Waals surface area contributed by atoms with E-state index in [1.807, 2.05) is 30.3 Å². The Morgan fingerprint density at radius 3 is 2.19 bits per heavy atom. The number of hydrogen-bond acceptors (Lipinski definition) is 4. The molecule has 31 heavy (non-hydrogen) atoms. The van der Waals surface area contributed by atoms with E-state index in [0.717, 1.165) is 5.56 Å². The SMILES string of the molecule is O=C1CC(NC(=O)N2CCN(S(=O)(=O)c3ccccc3)CC2)CN1Cc1ccccc1. The van der Waals surface area contributed by atoms with Crippen molar-refractivity contribution in [1.82, 2.24) is 19.4 Å². The number of carbonyl (C=O) groups is 2. The van der Waals surface area contributed by atoms with Crippen molar-refractivity contribution >= 4 is 22.0 Å². The van der Waals surface area contributed by atoms with Crippen LogP contribution in [-0.4, -0.2) is 73.2 Å². The largest absolute Gasteiger partial charge is 0.336 e. The third kappa shape index (κ3) is 4.88. The van der Waals surface area contributed by atoms with Crippen LogP contribution in [0.1, 0.15) is 12.0 Å². The van der Waals surface area contributed by atoms with Gasteiger partial charge in [0.25, 0.3) is 0 Å². The van der Waals surface area contributed by atoms with Gasteiger partial charge in [0.05, 0.1) is 10.9 Å². The Balaban J connectivity index is 1.28. The lowest BCUT2D eigenvalue weighted by Crippen LogP contribution is -2.54. The van der Waals surface area contributed by atoms with Crippen molar-refractivity contribution in [2.45, 2.75) is 23.9 Å². The van der Waals surface area contributed by atoms with Gasteiger partial charge in [0.15, 0.2) is 0 Å². The molecule has 2 saturated heterocycles. The lowest BCUT2D eigenvalue weighted by Gasteiger charge is -2.34. The molecule has 164 valence electrons. The van der Waals surface area contributed by atoms with Crippen LogP contribution in [0.5, 0.6) is 0 Å². The van der Waals surface area contributed by atoms with E-state index in [1.165, 1.54) is 4.31 Å². The number of nitrogens with zero attached hydrogens (tertiary/aromatic N) is 3. The standard InChI is InChI=1S/C22H26N4O4S/c27-21-15-19(17-25(21)16-18-7-3-1-4-8-18)23-22(28)24-11-13-26(14-12-24)31(29,30)20-9-5-2-6-10-20/h1-10,19H,11-17H2,(H,23,28). The molecule has 1 N–H and O–H groups in total. The van der Waals surface area contributed by atoms with E-state index in [1.54, 1.807) is 40.1 Å². The summed E-state index contributed by atoms with van der Waals surface area (Å²) in [6.07, 6.45) is 0.279. The Morgan fingerprint density at radius 1 is 0.935 bits per heavy atom. The van der Waals surface area contributed by atoms with E-state index in [4.69, 9.17) is 0 Å². The predicted molar refractivity (Wildman–Crippen MR) is 116 cm³/mol. The summed E-state index contributed by atoms with van der Waals surface area (Å²) in [5, 5.41) is 2.94. The normalized spacial score (nSPS) is 20.1. The van der Waals surface area contributed by atoms with E-state index in [9.17, 15) is 18.0 Å². The molecule has 2 aliphatic rings. The fraction of sp³-hybridized carbons (Fsp3) is 0.364. The molecule has 9 heteroatoms. The first-order valence-corrected chi connectivity index (χ1v) is 11.8. The molecule has 0 bridgehead atoms. The van der Waals surface area contributed by atoms with Gasteiger partial charge in [0.1, 0.15) is 0 Å². The zero-order valence-corrected chi connectivity index (χ0v) is 18.0. The van der Waals surface area contributed by atoms with Crippen LogP contribution < -0.4 is 5.32 Å². The first-order valence-electron chi connectivity index (χ1n) is 10.4. The van der Waals surface area contributed by atoms with Crippen LogP contribution in [0.4, 0.5) is 4.79 Å². The summed E-state index contributed by atoms with van der Waals surface area (Å²) in [6.45, 7) is 2.12. The molecule has 1 atom stereocenters. The molecule has 0 radical (unpaired) electrons. The van der Waals surface area contributed by atoms with Crippen molar-refractivity contribution in [1.29, 1.82) is 0 Å². The maximum Gasteiger partial charge on any atom is 0.317 e. The number of piperazine rings is 1. The van der Waals surface area contributed by atoms with Gasteiger partial charge in [-0.3, -0.25) is 4.79 Å². The number of nitrogens with one attached hydrogen (secondary N) is 1. The van der Waals surface area contributed by atoms with E-state index >= 15 is 0 Å². The second-order valence-electron chi connectivity index (χ2n) is 7.81. The first-order chi connectivity index (χ1) is 14.9. The van der Waals surface area contributed by atoms with Crippen LogP contribution in [0.2, 0.25) is 0 Å². The summed E-state index contributed by atoms with van der Waals surface area (Å²) in [5.74, 6) is 0.0212. The predicted octanol–water partition coefficient (Wildman–Crippen LogP) is 1.50. The van der Waals surface area contributed by atoms with Gasteiger partial charge in [0, 0.05) is 45.7 Å². The van der Waals surface area contributed by atoms with E-state index < -0.39 is 10.0 Å². The van der Waals surface area contributed by atoms with E-state index in [-0.39, 0.29) is 42.4 Å². The molecule has 2 aromatic carbocycles. The lowest BCUT2D eigenvalue weighted by atomic mass is 10.2. The van der Waals surface area contributed by atoms with Crippen LogP contribution in [0, 0.1) is 0 Å². The van der Waals surface area contributed by atoms with Gasteiger partial charge in [-0.15, -0.1) is 0 Å². The average Bonchev–Trinajstić information content (AvgIpc) is 3.13. The highest BCUT2D eigenvalue weighted by molar-refractivity contribution is 7.89. The smallest absolute Gasteiger partial charge is 0.317 e. The quantitative estimate of drug-likeness (QED) is 0.760. The molecule has 0 spiro atoms. The molecule has 4 rings (SSSR count). The number of amides is 3. The highest BCUT2D eigenvalue weighted by Crippen LogP contribution is 2.18. The van der Waals surface area contributed by atoms with Gasteiger partial charge in [-0.2, -0.15) is 4.31 Å². The minimum atomic E-state index is -3.55. The summed E-state index contributed by atoms with van der Waals surface area (Å²) < 4.78 is 26.9. The van der Waals surface area contributed by atoms with Gasteiger partial charge in [-0.1, -0.05) is 48.5 Å². The minimum Gasteiger partial charge on any atom is -0.336 e. The van der Waals surface area contributed by atoms with Crippen molar-refractivity contribution in [3.05, 3.63) is 66.2 Å². The molecule has 0 saturated carbocycles. The molecule has 2 aliphatic heterocycles.